The van der Waals surface area contributed by atoms with Gasteiger partial charge in [-0.25, -0.2) is 17.7 Å². The number of carbonyl (C=O) groups is 1. The van der Waals surface area contributed by atoms with Crippen molar-refractivity contribution in [3.8, 4) is 11.5 Å². The zero-order valence-corrected chi connectivity index (χ0v) is 27.3. The van der Waals surface area contributed by atoms with Crippen molar-refractivity contribution in [1.29, 1.82) is 0 Å². The molecule has 0 bridgehead atoms. The number of aromatic nitrogens is 1. The number of methoxy groups -OCH3 is 2. The average Bonchev–Trinajstić information content (AvgIpc) is 3.88. The van der Waals surface area contributed by atoms with Gasteiger partial charge in [0.25, 0.3) is 15.9 Å². The smallest absolute Gasteiger partial charge is 0.271 e. The molecule has 2 saturated heterocycles. The van der Waals surface area contributed by atoms with E-state index < -0.39 is 27.5 Å². The number of benzene rings is 3. The molecule has 3 aliphatic rings. The molecule has 12 heteroatoms. The molecule has 2 atom stereocenters. The van der Waals surface area contributed by atoms with Crippen LogP contribution in [0.15, 0.2) is 82.4 Å². The summed E-state index contributed by atoms with van der Waals surface area (Å²) >= 11 is 6.54. The predicted octanol–water partition coefficient (Wildman–Crippen LogP) is 5.76. The molecule has 2 unspecified atom stereocenters. The van der Waals surface area contributed by atoms with Crippen molar-refractivity contribution >= 4 is 33.2 Å². The number of rotatable bonds is 9. The molecule has 4 aromatic rings. The van der Waals surface area contributed by atoms with Crippen LogP contribution in [-0.2, 0) is 26.9 Å². The van der Waals surface area contributed by atoms with Crippen molar-refractivity contribution in [2.24, 2.45) is 0 Å². The summed E-state index contributed by atoms with van der Waals surface area (Å²) in [5.74, 6) is 0.788. The molecule has 0 N–H and O–H groups in total. The number of hydrogen-bond donors (Lipinski definition) is 0. The maximum atomic E-state index is 15.5. The van der Waals surface area contributed by atoms with Crippen molar-refractivity contribution in [3.63, 3.8) is 0 Å². The SMILES string of the molecule is COc1ccc(S(=O)(=O)N2C(=O)C(c3cc(CN4CCCC4)ccc3OC)(N3CCCC3c3ncco3)c3ccc(Cl)cc32)cc1. The summed E-state index contributed by atoms with van der Waals surface area (Å²) < 4.78 is 47.1. The Labute approximate surface area is 273 Å². The number of anilines is 1. The molecule has 4 heterocycles. The zero-order valence-electron chi connectivity index (χ0n) is 25.7. The number of likely N-dealkylation sites (tertiary alicyclic amines) is 2. The van der Waals surface area contributed by atoms with Crippen LogP contribution in [0, 0.1) is 0 Å². The van der Waals surface area contributed by atoms with Crippen molar-refractivity contribution in [2.45, 2.75) is 48.7 Å². The van der Waals surface area contributed by atoms with E-state index in [2.05, 4.69) is 9.88 Å². The van der Waals surface area contributed by atoms with Gasteiger partial charge in [-0.1, -0.05) is 23.7 Å². The summed E-state index contributed by atoms with van der Waals surface area (Å²) in [6, 6.07) is 16.5. The van der Waals surface area contributed by atoms with E-state index in [1.807, 2.05) is 23.1 Å². The number of fused-ring (bicyclic) bond motifs is 1. The second-order valence-corrected chi connectivity index (χ2v) is 14.1. The van der Waals surface area contributed by atoms with E-state index in [0.29, 0.717) is 53.0 Å². The third kappa shape index (κ3) is 4.88. The number of nitrogens with zero attached hydrogens (tertiary/aromatic N) is 4. The average molecular weight is 663 g/mol. The summed E-state index contributed by atoms with van der Waals surface area (Å²) in [6.07, 6.45) is 6.79. The van der Waals surface area contributed by atoms with Crippen molar-refractivity contribution in [3.05, 3.63) is 101 Å². The molecule has 0 spiro atoms. The Bertz CT molecular complexity index is 1860. The number of sulfonamides is 1. The Morgan fingerprint density at radius 2 is 1.74 bits per heavy atom. The highest BCUT2D eigenvalue weighted by Gasteiger charge is 2.62. The van der Waals surface area contributed by atoms with E-state index >= 15 is 4.79 Å². The van der Waals surface area contributed by atoms with E-state index in [9.17, 15) is 8.42 Å². The molecule has 0 saturated carbocycles. The third-order valence-electron chi connectivity index (χ3n) is 9.34. The van der Waals surface area contributed by atoms with Crippen LogP contribution in [0.25, 0.3) is 0 Å². The van der Waals surface area contributed by atoms with E-state index in [1.54, 1.807) is 43.6 Å². The molecule has 1 aromatic heterocycles. The number of carbonyl (C=O) groups excluding carboxylic acids is 1. The first-order valence-electron chi connectivity index (χ1n) is 15.4. The van der Waals surface area contributed by atoms with Crippen LogP contribution in [0.5, 0.6) is 11.5 Å². The van der Waals surface area contributed by atoms with Gasteiger partial charge in [0.2, 0.25) is 5.89 Å². The zero-order chi connectivity index (χ0) is 32.1. The number of oxazole rings is 1. The van der Waals surface area contributed by atoms with Crippen LogP contribution >= 0.6 is 11.6 Å². The van der Waals surface area contributed by atoms with E-state index in [0.717, 1.165) is 42.2 Å². The lowest BCUT2D eigenvalue weighted by Crippen LogP contribution is -2.54. The van der Waals surface area contributed by atoms with E-state index in [-0.39, 0.29) is 10.6 Å². The monoisotopic (exact) mass is 662 g/mol. The van der Waals surface area contributed by atoms with E-state index in [4.69, 9.17) is 25.5 Å². The Balaban J connectivity index is 1.49. The lowest BCUT2D eigenvalue weighted by atomic mass is 9.80. The Kier molecular flexibility index (Phi) is 8.04. The molecule has 1 amide bonds. The fourth-order valence-electron chi connectivity index (χ4n) is 7.29. The highest BCUT2D eigenvalue weighted by Crippen LogP contribution is 2.56. The van der Waals surface area contributed by atoms with Crippen LogP contribution < -0.4 is 13.8 Å². The summed E-state index contributed by atoms with van der Waals surface area (Å²) in [5, 5.41) is 0.303. The van der Waals surface area contributed by atoms with Crippen LogP contribution in [0.2, 0.25) is 5.02 Å². The van der Waals surface area contributed by atoms with Gasteiger partial charge >= 0.3 is 0 Å². The van der Waals surface area contributed by atoms with Crippen LogP contribution in [-0.4, -0.2) is 63.0 Å². The van der Waals surface area contributed by atoms with Gasteiger partial charge in [0, 0.05) is 29.2 Å². The van der Waals surface area contributed by atoms with Gasteiger partial charge in [-0.15, -0.1) is 0 Å². The minimum absolute atomic E-state index is 0.0520. The quantitative estimate of drug-likeness (QED) is 0.221. The highest BCUT2D eigenvalue weighted by molar-refractivity contribution is 7.93. The van der Waals surface area contributed by atoms with Gasteiger partial charge in [0.1, 0.15) is 17.8 Å². The molecule has 240 valence electrons. The first-order chi connectivity index (χ1) is 22.3. The first-order valence-corrected chi connectivity index (χ1v) is 17.2. The maximum Gasteiger partial charge on any atom is 0.271 e. The Hall–Kier alpha value is -3.90. The molecular weight excluding hydrogens is 628 g/mol. The molecule has 7 rings (SSSR count). The maximum absolute atomic E-state index is 15.5. The molecule has 0 aliphatic carbocycles. The third-order valence-corrected chi connectivity index (χ3v) is 11.3. The van der Waals surface area contributed by atoms with Gasteiger partial charge in [-0.05, 0) is 92.9 Å². The normalized spacial score (nSPS) is 22.0. The van der Waals surface area contributed by atoms with Crippen molar-refractivity contribution < 1.29 is 27.1 Å². The van der Waals surface area contributed by atoms with Gasteiger partial charge in [0.15, 0.2) is 5.54 Å². The summed E-state index contributed by atoms with van der Waals surface area (Å²) in [7, 11) is -1.35. The molecule has 2 fully saturated rings. The van der Waals surface area contributed by atoms with Gasteiger partial charge in [-0.2, -0.15) is 0 Å². The highest BCUT2D eigenvalue weighted by atomic mass is 35.5. The van der Waals surface area contributed by atoms with Crippen LogP contribution in [0.4, 0.5) is 5.69 Å². The summed E-state index contributed by atoms with van der Waals surface area (Å²) in [5.41, 5.74) is 0.642. The number of ether oxygens (including phenoxy) is 2. The van der Waals surface area contributed by atoms with Gasteiger partial charge in [-0.3, -0.25) is 14.6 Å². The number of halogens is 1. The molecule has 3 aromatic carbocycles. The molecule has 3 aliphatic heterocycles. The van der Waals surface area contributed by atoms with Gasteiger partial charge in [0.05, 0.1) is 37.0 Å². The second-order valence-electron chi connectivity index (χ2n) is 11.9. The van der Waals surface area contributed by atoms with Crippen molar-refractivity contribution in [2.75, 3.05) is 38.2 Å². The van der Waals surface area contributed by atoms with Crippen LogP contribution in [0.1, 0.15) is 54.3 Å². The second kappa shape index (κ2) is 12.0. The minimum atomic E-state index is -4.42. The molecule has 46 heavy (non-hydrogen) atoms. The topological polar surface area (TPSA) is 105 Å². The van der Waals surface area contributed by atoms with Crippen LogP contribution in [0.3, 0.4) is 0 Å². The lowest BCUT2D eigenvalue weighted by molar-refractivity contribution is -0.127. The fraction of sp³-hybridized carbons (Fsp3) is 0.353. The predicted molar refractivity (Wildman–Crippen MR) is 173 cm³/mol. The fourth-order valence-corrected chi connectivity index (χ4v) is 8.91. The summed E-state index contributed by atoms with van der Waals surface area (Å²) in [4.78, 5) is 24.3. The molecule has 10 nitrogen and oxygen atoms in total. The van der Waals surface area contributed by atoms with E-state index in [1.165, 1.54) is 25.5 Å². The largest absolute Gasteiger partial charge is 0.497 e. The van der Waals surface area contributed by atoms with Crippen molar-refractivity contribution in [1.82, 2.24) is 14.8 Å². The molecule has 0 radical (unpaired) electrons. The first kappa shape index (κ1) is 30.7. The van der Waals surface area contributed by atoms with Gasteiger partial charge < -0.3 is 13.9 Å². The number of hydrogen-bond acceptors (Lipinski definition) is 9. The standard InChI is InChI=1S/C34H35ClN4O6S/c1-43-25-9-11-26(12-10-25)46(41,42)39-30-21-24(35)8-13-27(30)34(33(39)40,38-18-5-6-29(38)32-36-15-19-45-32)28-20-23(7-14-31(28)44-2)22-37-16-3-4-17-37/h7-15,19-21,29H,3-6,16-18,22H2,1-2H3. The lowest BCUT2D eigenvalue weighted by Gasteiger charge is -2.41. The summed E-state index contributed by atoms with van der Waals surface area (Å²) in [6.45, 7) is 3.18. The minimum Gasteiger partial charge on any atom is -0.497 e. The molecular formula is C34H35ClN4O6S. The number of amides is 1. The Morgan fingerprint density at radius 3 is 2.43 bits per heavy atom. The Morgan fingerprint density at radius 1 is 0.957 bits per heavy atom.